The van der Waals surface area contributed by atoms with Crippen LogP contribution in [0.15, 0.2) is 41.5 Å². The molecule has 3 nitrogen and oxygen atoms in total. The van der Waals surface area contributed by atoms with Crippen molar-refractivity contribution in [2.24, 2.45) is 0 Å². The number of H-pyrrole nitrogens is 1. The second kappa shape index (κ2) is 4.22. The second-order valence-corrected chi connectivity index (χ2v) is 3.24. The molecule has 0 aliphatic carbocycles. The Morgan fingerprint density at radius 1 is 1.31 bits per heavy atom. The van der Waals surface area contributed by atoms with Crippen LogP contribution in [0.1, 0.15) is 12.0 Å². The fourth-order valence-corrected chi connectivity index (χ4v) is 1.41. The lowest BCUT2D eigenvalue weighted by Crippen LogP contribution is -2.05. The molecule has 82 valence electrons. The van der Waals surface area contributed by atoms with Gasteiger partial charge in [-0.3, -0.25) is 9.89 Å². The monoisotopic (exact) mass is 222 g/mol. The van der Waals surface area contributed by atoms with Gasteiger partial charge in [-0.05, 0) is 11.6 Å². The number of aromatic nitrogens is 2. The van der Waals surface area contributed by atoms with Crippen LogP contribution in [0.25, 0.3) is 11.1 Å². The molecule has 1 aromatic carbocycles. The Morgan fingerprint density at radius 2 is 2.12 bits per heavy atom. The minimum absolute atomic E-state index is 0.103. The maximum Gasteiger partial charge on any atom is 0.263 e. The van der Waals surface area contributed by atoms with E-state index < -0.39 is 6.43 Å². The van der Waals surface area contributed by atoms with Crippen LogP contribution >= 0.6 is 0 Å². The fourth-order valence-electron chi connectivity index (χ4n) is 1.41. The Hall–Kier alpha value is -2.04. The molecule has 0 bridgehead atoms. The van der Waals surface area contributed by atoms with Crippen LogP contribution in [-0.4, -0.2) is 10.2 Å². The maximum atomic E-state index is 12.5. The quantitative estimate of drug-likeness (QED) is 0.847. The van der Waals surface area contributed by atoms with Crippen LogP contribution < -0.4 is 5.43 Å². The first kappa shape index (κ1) is 10.5. The zero-order chi connectivity index (χ0) is 11.5. The van der Waals surface area contributed by atoms with Gasteiger partial charge in [-0.15, -0.1) is 0 Å². The highest BCUT2D eigenvalue weighted by Gasteiger charge is 2.09. The van der Waals surface area contributed by atoms with Gasteiger partial charge in [-0.1, -0.05) is 18.2 Å². The fraction of sp³-hybridized carbons (Fsp3) is 0.0909. The third-order valence-corrected chi connectivity index (χ3v) is 2.18. The Kier molecular flexibility index (Phi) is 2.76. The van der Waals surface area contributed by atoms with Crippen LogP contribution in [0.3, 0.4) is 0 Å². The van der Waals surface area contributed by atoms with Crippen LogP contribution in [0.2, 0.25) is 0 Å². The minimum Gasteiger partial charge on any atom is -0.287 e. The zero-order valence-corrected chi connectivity index (χ0v) is 8.15. The average Bonchev–Trinajstić information content (AvgIpc) is 2.30. The smallest absolute Gasteiger partial charge is 0.263 e. The van der Waals surface area contributed by atoms with Crippen molar-refractivity contribution in [3.05, 3.63) is 52.4 Å². The summed E-state index contributed by atoms with van der Waals surface area (Å²) >= 11 is 0. The van der Waals surface area contributed by atoms with E-state index in [1.807, 2.05) is 0 Å². The molecule has 0 unspecified atom stereocenters. The lowest BCUT2D eigenvalue weighted by molar-refractivity contribution is 0.151. The molecular weight excluding hydrogens is 214 g/mol. The second-order valence-electron chi connectivity index (χ2n) is 3.24. The van der Waals surface area contributed by atoms with Gasteiger partial charge >= 0.3 is 0 Å². The Bertz CT molecular complexity index is 551. The lowest BCUT2D eigenvalue weighted by atomic mass is 10.1. The van der Waals surface area contributed by atoms with Crippen LogP contribution in [0.4, 0.5) is 8.78 Å². The van der Waals surface area contributed by atoms with E-state index in [1.165, 1.54) is 24.4 Å². The number of rotatable bonds is 2. The maximum absolute atomic E-state index is 12.5. The first-order valence-corrected chi connectivity index (χ1v) is 4.60. The minimum atomic E-state index is -2.54. The van der Waals surface area contributed by atoms with Crippen molar-refractivity contribution < 1.29 is 8.78 Å². The first-order chi connectivity index (χ1) is 7.68. The number of alkyl halides is 2. The predicted molar refractivity (Wildman–Crippen MR) is 55.3 cm³/mol. The third-order valence-electron chi connectivity index (χ3n) is 2.18. The van der Waals surface area contributed by atoms with E-state index in [-0.39, 0.29) is 11.0 Å². The van der Waals surface area contributed by atoms with E-state index in [0.717, 1.165) is 6.20 Å². The molecule has 0 radical (unpaired) electrons. The van der Waals surface area contributed by atoms with Crippen molar-refractivity contribution in [3.8, 4) is 11.1 Å². The van der Waals surface area contributed by atoms with Gasteiger partial charge < -0.3 is 0 Å². The number of hydrogen-bond donors (Lipinski definition) is 1. The van der Waals surface area contributed by atoms with Gasteiger partial charge in [0, 0.05) is 17.3 Å². The molecule has 0 saturated carbocycles. The van der Waals surface area contributed by atoms with Crippen molar-refractivity contribution in [1.29, 1.82) is 0 Å². The van der Waals surface area contributed by atoms with Gasteiger partial charge in [-0.25, -0.2) is 8.78 Å². The van der Waals surface area contributed by atoms with E-state index in [2.05, 4.69) is 10.2 Å². The number of benzene rings is 1. The summed E-state index contributed by atoms with van der Waals surface area (Å²) in [5.74, 6) is 0. The highest BCUT2D eigenvalue weighted by Crippen LogP contribution is 2.23. The summed E-state index contributed by atoms with van der Waals surface area (Å²) in [4.78, 5) is 11.4. The average molecular weight is 222 g/mol. The Labute approximate surface area is 89.8 Å². The van der Waals surface area contributed by atoms with E-state index in [9.17, 15) is 13.6 Å². The number of nitrogens with one attached hydrogen (secondary N) is 1. The molecule has 0 saturated heterocycles. The summed E-state index contributed by atoms with van der Waals surface area (Å²) in [7, 11) is 0. The van der Waals surface area contributed by atoms with E-state index in [4.69, 9.17) is 0 Å². The summed E-state index contributed by atoms with van der Waals surface area (Å²) < 4.78 is 24.9. The normalized spacial score (nSPS) is 10.7. The largest absolute Gasteiger partial charge is 0.287 e. The molecule has 0 aliphatic heterocycles. The zero-order valence-electron chi connectivity index (χ0n) is 8.15. The molecule has 1 N–H and O–H groups in total. The van der Waals surface area contributed by atoms with E-state index in [0.29, 0.717) is 11.1 Å². The van der Waals surface area contributed by atoms with Gasteiger partial charge in [0.2, 0.25) is 5.43 Å². The molecular formula is C11H8F2N2O. The molecule has 1 aromatic heterocycles. The summed E-state index contributed by atoms with van der Waals surface area (Å²) in [6.07, 6.45) is -0.0297. The van der Waals surface area contributed by atoms with Crippen molar-refractivity contribution in [2.45, 2.75) is 6.43 Å². The molecule has 2 aromatic rings. The Morgan fingerprint density at radius 3 is 2.81 bits per heavy atom. The molecule has 16 heavy (non-hydrogen) atoms. The molecule has 5 heteroatoms. The van der Waals surface area contributed by atoms with Gasteiger partial charge in [-0.2, -0.15) is 5.10 Å². The molecule has 0 spiro atoms. The van der Waals surface area contributed by atoms with Gasteiger partial charge in [0.15, 0.2) is 0 Å². The molecule has 0 amide bonds. The standard InChI is InChI=1S/C11H8F2N2O/c12-11(13)8-3-1-2-7(4-8)9-5-14-15-6-10(9)16/h1-6,11H,(H,14,16). The van der Waals surface area contributed by atoms with Gasteiger partial charge in [0.05, 0.1) is 6.20 Å². The topological polar surface area (TPSA) is 45.8 Å². The molecule has 0 aliphatic rings. The van der Waals surface area contributed by atoms with Crippen LogP contribution in [-0.2, 0) is 0 Å². The molecule has 1 heterocycles. The summed E-state index contributed by atoms with van der Waals surface area (Å²) in [5, 5.41) is 6.05. The Balaban J connectivity index is 2.53. The highest BCUT2D eigenvalue weighted by atomic mass is 19.3. The van der Waals surface area contributed by atoms with Crippen molar-refractivity contribution in [2.75, 3.05) is 0 Å². The van der Waals surface area contributed by atoms with Gasteiger partial charge in [0.1, 0.15) is 0 Å². The van der Waals surface area contributed by atoms with Crippen molar-refractivity contribution >= 4 is 0 Å². The first-order valence-electron chi connectivity index (χ1n) is 4.60. The third kappa shape index (κ3) is 1.98. The van der Waals surface area contributed by atoms with Gasteiger partial charge in [0.25, 0.3) is 6.43 Å². The summed E-state index contributed by atoms with van der Waals surface area (Å²) in [6, 6.07) is 5.73. The number of aromatic amines is 1. The van der Waals surface area contributed by atoms with Crippen molar-refractivity contribution in [3.63, 3.8) is 0 Å². The van der Waals surface area contributed by atoms with Crippen LogP contribution in [0, 0.1) is 0 Å². The number of halogens is 2. The molecule has 0 fully saturated rings. The summed E-state index contributed by atoms with van der Waals surface area (Å²) in [6.45, 7) is 0. The molecule has 0 atom stereocenters. The predicted octanol–water partition coefficient (Wildman–Crippen LogP) is 2.37. The number of hydrogen-bond acceptors (Lipinski definition) is 2. The lowest BCUT2D eigenvalue weighted by Gasteiger charge is -2.03. The van der Waals surface area contributed by atoms with Crippen LogP contribution in [0.5, 0.6) is 0 Å². The van der Waals surface area contributed by atoms with E-state index >= 15 is 0 Å². The summed E-state index contributed by atoms with van der Waals surface area (Å²) in [5.41, 5.74) is 0.387. The highest BCUT2D eigenvalue weighted by molar-refractivity contribution is 5.62. The SMILES string of the molecule is O=c1cn[nH]cc1-c1cccc(C(F)F)c1. The van der Waals surface area contributed by atoms with E-state index in [1.54, 1.807) is 6.07 Å². The number of nitrogens with zero attached hydrogens (tertiary/aromatic N) is 1. The van der Waals surface area contributed by atoms with Crippen molar-refractivity contribution in [1.82, 2.24) is 10.2 Å². The molecule has 2 rings (SSSR count).